The summed E-state index contributed by atoms with van der Waals surface area (Å²) >= 11 is 0. The summed E-state index contributed by atoms with van der Waals surface area (Å²) in [5.74, 6) is -1.58. The molecular formula is C22H33N3O10S2. The van der Waals surface area contributed by atoms with Crippen molar-refractivity contribution in [3.8, 4) is 0 Å². The summed E-state index contributed by atoms with van der Waals surface area (Å²) in [4.78, 5) is 37.3. The molecule has 15 heteroatoms. The van der Waals surface area contributed by atoms with Gasteiger partial charge in [-0.2, -0.15) is 16.8 Å². The Morgan fingerprint density at radius 1 is 0.892 bits per heavy atom. The average Bonchev–Trinajstić information content (AvgIpc) is 2.77. The Balaban J connectivity index is 2.99. The molecule has 3 amide bonds. The maximum Gasteiger partial charge on any atom is 0.408 e. The SMILES string of the molecule is C=CCOC(=O)N[C@H](C(=O)N[C@@H](C)C(=O)Nc1cc(COS(C)(=O)=O)cc(COS(C)(=O)=O)c1)C(C)C. The van der Waals surface area contributed by atoms with Crippen LogP contribution >= 0.6 is 0 Å². The molecule has 0 aromatic heterocycles. The Hall–Kier alpha value is -3.01. The Kier molecular flexibility index (Phi) is 12.2. The van der Waals surface area contributed by atoms with Gasteiger partial charge in [0.15, 0.2) is 0 Å². The van der Waals surface area contributed by atoms with E-state index in [1.807, 2.05) is 0 Å². The Labute approximate surface area is 217 Å². The monoisotopic (exact) mass is 563 g/mol. The van der Waals surface area contributed by atoms with Crippen LogP contribution < -0.4 is 16.0 Å². The van der Waals surface area contributed by atoms with Crippen LogP contribution in [0.1, 0.15) is 31.9 Å². The Bertz CT molecular complexity index is 1140. The highest BCUT2D eigenvalue weighted by molar-refractivity contribution is 7.86. The van der Waals surface area contributed by atoms with E-state index in [2.05, 4.69) is 22.5 Å². The second kappa shape index (κ2) is 14.1. The van der Waals surface area contributed by atoms with Crippen LogP contribution in [0.5, 0.6) is 0 Å². The van der Waals surface area contributed by atoms with Crippen molar-refractivity contribution in [1.82, 2.24) is 10.6 Å². The molecule has 0 aliphatic carbocycles. The highest BCUT2D eigenvalue weighted by Gasteiger charge is 2.27. The van der Waals surface area contributed by atoms with E-state index in [0.29, 0.717) is 11.1 Å². The third-order valence-electron chi connectivity index (χ3n) is 4.51. The predicted molar refractivity (Wildman–Crippen MR) is 135 cm³/mol. The van der Waals surface area contributed by atoms with Crippen LogP contribution in [0.15, 0.2) is 30.9 Å². The van der Waals surface area contributed by atoms with E-state index >= 15 is 0 Å². The third-order valence-corrected chi connectivity index (χ3v) is 5.60. The number of carbonyl (C=O) groups is 3. The number of ether oxygens (including phenoxy) is 1. The summed E-state index contributed by atoms with van der Waals surface area (Å²) in [7, 11) is -7.54. The molecule has 0 bridgehead atoms. The van der Waals surface area contributed by atoms with Gasteiger partial charge < -0.3 is 20.7 Å². The van der Waals surface area contributed by atoms with Gasteiger partial charge in [0.05, 0.1) is 25.7 Å². The molecule has 208 valence electrons. The number of amides is 3. The molecule has 0 saturated heterocycles. The van der Waals surface area contributed by atoms with Crippen molar-refractivity contribution in [2.45, 2.75) is 46.1 Å². The average molecular weight is 564 g/mol. The Morgan fingerprint density at radius 3 is 1.84 bits per heavy atom. The number of alkyl carbamates (subject to hydrolysis) is 1. The number of carbonyl (C=O) groups excluding carboxylic acids is 3. The minimum atomic E-state index is -3.77. The van der Waals surface area contributed by atoms with Crippen LogP contribution in [0.3, 0.4) is 0 Å². The number of anilines is 1. The van der Waals surface area contributed by atoms with Crippen LogP contribution in [-0.2, 0) is 56.1 Å². The number of benzene rings is 1. The van der Waals surface area contributed by atoms with Gasteiger partial charge in [-0.3, -0.25) is 18.0 Å². The summed E-state index contributed by atoms with van der Waals surface area (Å²) in [6.45, 7) is 7.48. The Morgan fingerprint density at radius 2 is 1.41 bits per heavy atom. The molecule has 0 aliphatic heterocycles. The minimum Gasteiger partial charge on any atom is -0.445 e. The molecule has 1 aromatic carbocycles. The van der Waals surface area contributed by atoms with Crippen molar-refractivity contribution in [1.29, 1.82) is 0 Å². The molecule has 2 atom stereocenters. The van der Waals surface area contributed by atoms with E-state index in [9.17, 15) is 31.2 Å². The first-order valence-electron chi connectivity index (χ1n) is 11.0. The van der Waals surface area contributed by atoms with Crippen LogP contribution in [0, 0.1) is 5.92 Å². The van der Waals surface area contributed by atoms with Crippen LogP contribution in [0.4, 0.5) is 10.5 Å². The number of rotatable bonds is 14. The van der Waals surface area contributed by atoms with Crippen LogP contribution in [0.2, 0.25) is 0 Å². The standard InChI is InChI=1S/C22H33N3O10S2/c1-7-8-33-22(28)25-19(14(2)3)21(27)23-15(4)20(26)24-18-10-16(12-34-36(5,29)30)9-17(11-18)13-35-37(6,31)32/h7,9-11,14-15,19H,1,8,12-13H2,2-6H3,(H,23,27)(H,24,26)(H,25,28)/t15-,19-/m0/s1. The van der Waals surface area contributed by atoms with Crippen molar-refractivity contribution in [2.24, 2.45) is 5.92 Å². The molecule has 0 aliphatic rings. The molecule has 0 radical (unpaired) electrons. The van der Waals surface area contributed by atoms with E-state index in [4.69, 9.17) is 13.1 Å². The molecule has 0 unspecified atom stereocenters. The summed E-state index contributed by atoms with van der Waals surface area (Å²) in [5.41, 5.74) is 0.808. The smallest absolute Gasteiger partial charge is 0.408 e. The molecule has 1 rings (SSSR count). The van der Waals surface area contributed by atoms with Gasteiger partial charge in [-0.15, -0.1) is 0 Å². The predicted octanol–water partition coefficient (Wildman–Crippen LogP) is 1.02. The lowest BCUT2D eigenvalue weighted by molar-refractivity contribution is -0.128. The molecule has 3 N–H and O–H groups in total. The second-order valence-corrected chi connectivity index (χ2v) is 11.7. The fraction of sp³-hybridized carbons (Fsp3) is 0.500. The lowest BCUT2D eigenvalue weighted by Crippen LogP contribution is -2.53. The van der Waals surface area contributed by atoms with Crippen molar-refractivity contribution in [3.05, 3.63) is 42.0 Å². The highest BCUT2D eigenvalue weighted by atomic mass is 32.2. The lowest BCUT2D eigenvalue weighted by Gasteiger charge is -2.23. The van der Waals surface area contributed by atoms with Crippen molar-refractivity contribution < 1.29 is 44.3 Å². The first-order chi connectivity index (χ1) is 17.0. The van der Waals surface area contributed by atoms with Gasteiger partial charge in [-0.05, 0) is 36.1 Å². The van der Waals surface area contributed by atoms with Gasteiger partial charge >= 0.3 is 6.09 Å². The topological polar surface area (TPSA) is 183 Å². The van der Waals surface area contributed by atoms with E-state index < -0.39 is 50.2 Å². The molecule has 0 saturated carbocycles. The van der Waals surface area contributed by atoms with Gasteiger partial charge in [0.2, 0.25) is 11.8 Å². The van der Waals surface area contributed by atoms with E-state index in [1.165, 1.54) is 31.2 Å². The maximum atomic E-state index is 12.8. The molecular weight excluding hydrogens is 530 g/mol. The molecule has 13 nitrogen and oxygen atoms in total. The molecule has 0 heterocycles. The maximum absolute atomic E-state index is 12.8. The van der Waals surface area contributed by atoms with E-state index in [0.717, 1.165) is 12.5 Å². The van der Waals surface area contributed by atoms with Gasteiger partial charge in [-0.25, -0.2) is 4.79 Å². The van der Waals surface area contributed by atoms with E-state index in [-0.39, 0.29) is 31.4 Å². The molecule has 0 fully saturated rings. The van der Waals surface area contributed by atoms with Gasteiger partial charge in [0.1, 0.15) is 18.7 Å². The first kappa shape index (κ1) is 32.0. The molecule has 37 heavy (non-hydrogen) atoms. The summed E-state index contributed by atoms with van der Waals surface area (Å²) < 4.78 is 59.8. The molecule has 0 spiro atoms. The van der Waals surface area contributed by atoms with Crippen molar-refractivity contribution >= 4 is 43.8 Å². The number of hydrogen-bond acceptors (Lipinski definition) is 10. The van der Waals surface area contributed by atoms with Gasteiger partial charge in [-0.1, -0.05) is 32.6 Å². The molecule has 1 aromatic rings. The van der Waals surface area contributed by atoms with Crippen molar-refractivity contribution in [2.75, 3.05) is 24.4 Å². The first-order valence-corrected chi connectivity index (χ1v) is 14.6. The van der Waals surface area contributed by atoms with Crippen LogP contribution in [0.25, 0.3) is 0 Å². The fourth-order valence-electron chi connectivity index (χ4n) is 2.81. The zero-order valence-corrected chi connectivity index (χ0v) is 22.9. The lowest BCUT2D eigenvalue weighted by atomic mass is 10.0. The summed E-state index contributed by atoms with van der Waals surface area (Å²) in [6.07, 6.45) is 2.30. The van der Waals surface area contributed by atoms with Crippen molar-refractivity contribution in [3.63, 3.8) is 0 Å². The fourth-order valence-corrected chi connectivity index (χ4v) is 3.51. The summed E-state index contributed by atoms with van der Waals surface area (Å²) in [5, 5.41) is 7.52. The highest BCUT2D eigenvalue weighted by Crippen LogP contribution is 2.18. The quantitative estimate of drug-likeness (QED) is 0.218. The minimum absolute atomic E-state index is 0.0391. The zero-order valence-electron chi connectivity index (χ0n) is 21.3. The van der Waals surface area contributed by atoms with E-state index in [1.54, 1.807) is 13.8 Å². The third kappa shape index (κ3) is 13.2. The number of hydrogen-bond donors (Lipinski definition) is 3. The van der Waals surface area contributed by atoms with Crippen LogP contribution in [-0.4, -0.2) is 65.9 Å². The second-order valence-electron chi connectivity index (χ2n) is 8.44. The van der Waals surface area contributed by atoms with Gasteiger partial charge in [0.25, 0.3) is 20.2 Å². The zero-order chi connectivity index (χ0) is 28.4. The normalized spacial score (nSPS) is 13.4. The van der Waals surface area contributed by atoms with Gasteiger partial charge in [0, 0.05) is 5.69 Å². The summed E-state index contributed by atoms with van der Waals surface area (Å²) in [6, 6.07) is 2.28. The number of nitrogens with one attached hydrogen (secondary N) is 3. The largest absolute Gasteiger partial charge is 0.445 e.